The standard InChI is InChI=1S/C13H29N3/c1-6-10-15-13(14-7-2)16-12(5)9-8-11(3)4/h11-12H,6-10H2,1-5H3,(H2,14,15,16). The predicted octanol–water partition coefficient (Wildman–Crippen LogP) is 2.78. The van der Waals surface area contributed by atoms with Gasteiger partial charge in [0.15, 0.2) is 5.96 Å². The fourth-order valence-electron chi connectivity index (χ4n) is 1.43. The van der Waals surface area contributed by atoms with Crippen molar-refractivity contribution in [3.8, 4) is 0 Å². The van der Waals surface area contributed by atoms with E-state index in [2.05, 4.69) is 50.2 Å². The van der Waals surface area contributed by atoms with Gasteiger partial charge in [0.2, 0.25) is 0 Å². The van der Waals surface area contributed by atoms with Gasteiger partial charge in [0, 0.05) is 19.1 Å². The molecule has 0 aromatic rings. The molecule has 3 nitrogen and oxygen atoms in total. The maximum atomic E-state index is 4.49. The first kappa shape index (κ1) is 15.3. The van der Waals surface area contributed by atoms with Gasteiger partial charge in [0.05, 0.1) is 0 Å². The van der Waals surface area contributed by atoms with Gasteiger partial charge in [-0.05, 0) is 39.0 Å². The number of nitrogens with one attached hydrogen (secondary N) is 2. The van der Waals surface area contributed by atoms with E-state index in [0.717, 1.165) is 31.4 Å². The van der Waals surface area contributed by atoms with Crippen molar-refractivity contribution < 1.29 is 0 Å². The Kier molecular flexibility index (Phi) is 9.06. The van der Waals surface area contributed by atoms with Gasteiger partial charge in [-0.2, -0.15) is 0 Å². The molecule has 0 aliphatic carbocycles. The quantitative estimate of drug-likeness (QED) is 0.518. The summed E-state index contributed by atoms with van der Waals surface area (Å²) in [6.07, 6.45) is 3.56. The first-order chi connectivity index (χ1) is 7.60. The minimum absolute atomic E-state index is 0.497. The summed E-state index contributed by atoms with van der Waals surface area (Å²) < 4.78 is 0. The van der Waals surface area contributed by atoms with Gasteiger partial charge in [0.25, 0.3) is 0 Å². The number of hydrogen-bond donors (Lipinski definition) is 2. The summed E-state index contributed by atoms with van der Waals surface area (Å²) in [4.78, 5) is 4.49. The smallest absolute Gasteiger partial charge is 0.191 e. The topological polar surface area (TPSA) is 36.4 Å². The summed E-state index contributed by atoms with van der Waals surface area (Å²) >= 11 is 0. The average molecular weight is 227 g/mol. The Morgan fingerprint density at radius 1 is 1.12 bits per heavy atom. The molecule has 0 aliphatic rings. The molecule has 2 N–H and O–H groups in total. The summed E-state index contributed by atoms with van der Waals surface area (Å²) in [5.74, 6) is 1.74. The molecule has 3 heteroatoms. The Bertz CT molecular complexity index is 188. The van der Waals surface area contributed by atoms with Crippen LogP contribution in [0, 0.1) is 5.92 Å². The Labute approximate surface area is 101 Å². The van der Waals surface area contributed by atoms with Crippen LogP contribution in [0.25, 0.3) is 0 Å². The number of hydrogen-bond acceptors (Lipinski definition) is 1. The monoisotopic (exact) mass is 227 g/mol. The van der Waals surface area contributed by atoms with Crippen molar-refractivity contribution in [1.29, 1.82) is 0 Å². The zero-order chi connectivity index (χ0) is 12.4. The second kappa shape index (κ2) is 9.49. The van der Waals surface area contributed by atoms with Crippen LogP contribution in [0.1, 0.15) is 53.9 Å². The molecule has 0 heterocycles. The average Bonchev–Trinajstić information content (AvgIpc) is 2.23. The van der Waals surface area contributed by atoms with Gasteiger partial charge in [-0.1, -0.05) is 20.8 Å². The molecule has 0 radical (unpaired) electrons. The van der Waals surface area contributed by atoms with E-state index < -0.39 is 0 Å². The Hall–Kier alpha value is -0.730. The Morgan fingerprint density at radius 3 is 2.31 bits per heavy atom. The van der Waals surface area contributed by atoms with Crippen LogP contribution in [0.4, 0.5) is 0 Å². The number of rotatable bonds is 7. The van der Waals surface area contributed by atoms with E-state index in [0.29, 0.717) is 6.04 Å². The van der Waals surface area contributed by atoms with Crippen molar-refractivity contribution in [2.75, 3.05) is 13.1 Å². The highest BCUT2D eigenvalue weighted by atomic mass is 15.2. The summed E-state index contributed by atoms with van der Waals surface area (Å²) in [5.41, 5.74) is 0. The molecule has 0 saturated carbocycles. The van der Waals surface area contributed by atoms with E-state index in [1.54, 1.807) is 0 Å². The van der Waals surface area contributed by atoms with Crippen LogP contribution in [0.5, 0.6) is 0 Å². The van der Waals surface area contributed by atoms with E-state index in [1.165, 1.54) is 12.8 Å². The predicted molar refractivity (Wildman–Crippen MR) is 72.9 cm³/mol. The van der Waals surface area contributed by atoms with Crippen molar-refractivity contribution in [3.05, 3.63) is 0 Å². The van der Waals surface area contributed by atoms with Crippen molar-refractivity contribution in [2.24, 2.45) is 10.9 Å². The molecule has 0 spiro atoms. The summed E-state index contributed by atoms with van der Waals surface area (Å²) in [5, 5.41) is 6.72. The molecule has 0 rings (SSSR count). The van der Waals surface area contributed by atoms with E-state index in [-0.39, 0.29) is 0 Å². The van der Waals surface area contributed by atoms with Crippen molar-refractivity contribution in [2.45, 2.75) is 59.9 Å². The van der Waals surface area contributed by atoms with E-state index in [4.69, 9.17) is 0 Å². The third-order valence-electron chi connectivity index (χ3n) is 2.40. The number of nitrogens with zero attached hydrogens (tertiary/aromatic N) is 1. The van der Waals surface area contributed by atoms with E-state index >= 15 is 0 Å². The molecule has 1 atom stereocenters. The van der Waals surface area contributed by atoms with Gasteiger partial charge in [0.1, 0.15) is 0 Å². The first-order valence-corrected chi connectivity index (χ1v) is 6.64. The van der Waals surface area contributed by atoms with Gasteiger partial charge < -0.3 is 10.6 Å². The zero-order valence-electron chi connectivity index (χ0n) is 11.6. The highest BCUT2D eigenvalue weighted by molar-refractivity contribution is 5.79. The molecule has 0 aliphatic heterocycles. The summed E-state index contributed by atoms with van der Waals surface area (Å²) in [6.45, 7) is 12.8. The molecule has 0 bridgehead atoms. The lowest BCUT2D eigenvalue weighted by Gasteiger charge is -2.18. The van der Waals surface area contributed by atoms with Crippen LogP contribution < -0.4 is 10.6 Å². The fourth-order valence-corrected chi connectivity index (χ4v) is 1.43. The maximum Gasteiger partial charge on any atom is 0.191 e. The largest absolute Gasteiger partial charge is 0.357 e. The normalized spacial score (nSPS) is 14.0. The fraction of sp³-hybridized carbons (Fsp3) is 0.923. The lowest BCUT2D eigenvalue weighted by atomic mass is 10.0. The van der Waals surface area contributed by atoms with Crippen LogP contribution >= 0.6 is 0 Å². The molecular formula is C13H29N3. The summed E-state index contributed by atoms with van der Waals surface area (Å²) in [7, 11) is 0. The molecule has 96 valence electrons. The first-order valence-electron chi connectivity index (χ1n) is 6.64. The van der Waals surface area contributed by atoms with Gasteiger partial charge in [-0.15, -0.1) is 0 Å². The minimum Gasteiger partial charge on any atom is -0.357 e. The molecule has 16 heavy (non-hydrogen) atoms. The van der Waals surface area contributed by atoms with Crippen molar-refractivity contribution in [1.82, 2.24) is 10.6 Å². The highest BCUT2D eigenvalue weighted by Crippen LogP contribution is 2.06. The number of guanidine groups is 1. The molecule has 0 fully saturated rings. The molecule has 0 amide bonds. The van der Waals surface area contributed by atoms with Gasteiger partial charge >= 0.3 is 0 Å². The van der Waals surface area contributed by atoms with Gasteiger partial charge in [-0.3, -0.25) is 4.99 Å². The minimum atomic E-state index is 0.497. The molecule has 0 aromatic heterocycles. The second-order valence-corrected chi connectivity index (χ2v) is 4.78. The molecular weight excluding hydrogens is 198 g/mol. The molecule has 0 saturated heterocycles. The second-order valence-electron chi connectivity index (χ2n) is 4.78. The number of aliphatic imine (C=N–C) groups is 1. The lowest BCUT2D eigenvalue weighted by molar-refractivity contribution is 0.489. The highest BCUT2D eigenvalue weighted by Gasteiger charge is 2.05. The Morgan fingerprint density at radius 2 is 1.81 bits per heavy atom. The van der Waals surface area contributed by atoms with Crippen LogP contribution in [-0.4, -0.2) is 25.1 Å². The summed E-state index contributed by atoms with van der Waals surface area (Å²) in [6, 6.07) is 0.497. The van der Waals surface area contributed by atoms with Crippen LogP contribution in [0.2, 0.25) is 0 Å². The third kappa shape index (κ3) is 8.57. The van der Waals surface area contributed by atoms with Crippen LogP contribution in [0.3, 0.4) is 0 Å². The molecule has 1 unspecified atom stereocenters. The SMILES string of the molecule is CCCN=C(NCC)NC(C)CCC(C)C. The Balaban J connectivity index is 3.96. The van der Waals surface area contributed by atoms with Crippen molar-refractivity contribution >= 4 is 5.96 Å². The van der Waals surface area contributed by atoms with E-state index in [9.17, 15) is 0 Å². The van der Waals surface area contributed by atoms with Crippen LogP contribution in [-0.2, 0) is 0 Å². The van der Waals surface area contributed by atoms with Gasteiger partial charge in [-0.25, -0.2) is 0 Å². The zero-order valence-corrected chi connectivity index (χ0v) is 11.6. The maximum absolute atomic E-state index is 4.49. The van der Waals surface area contributed by atoms with E-state index in [1.807, 2.05) is 0 Å². The van der Waals surface area contributed by atoms with Crippen molar-refractivity contribution in [3.63, 3.8) is 0 Å². The van der Waals surface area contributed by atoms with Crippen LogP contribution in [0.15, 0.2) is 4.99 Å². The lowest BCUT2D eigenvalue weighted by Crippen LogP contribution is -2.42. The molecule has 0 aromatic carbocycles. The third-order valence-corrected chi connectivity index (χ3v) is 2.40.